The molecule has 0 unspecified atom stereocenters. The molecule has 0 aliphatic carbocycles. The number of nitrogens with zero attached hydrogens (tertiary/aromatic N) is 3. The predicted octanol–water partition coefficient (Wildman–Crippen LogP) is 0.332. The van der Waals surface area contributed by atoms with E-state index in [4.69, 9.17) is 5.73 Å². The number of rotatable bonds is 8. The lowest BCUT2D eigenvalue weighted by molar-refractivity contribution is -0.122. The highest BCUT2D eigenvalue weighted by Gasteiger charge is 2.06. The summed E-state index contributed by atoms with van der Waals surface area (Å²) in [7, 11) is 0. The number of aryl methyl sites for hydroxylation is 1. The van der Waals surface area contributed by atoms with E-state index < -0.39 is 0 Å². The molecule has 6 nitrogen and oxygen atoms in total. The summed E-state index contributed by atoms with van der Waals surface area (Å²) in [5, 5.41) is 10.8. The molecule has 0 radical (unpaired) electrons. The highest BCUT2D eigenvalue weighted by atomic mass is 16.2. The van der Waals surface area contributed by atoms with Gasteiger partial charge in [-0.2, -0.15) is 0 Å². The van der Waals surface area contributed by atoms with Crippen LogP contribution < -0.4 is 11.1 Å². The molecule has 1 aromatic heterocycles. The molecule has 0 atom stereocenters. The SMILES string of the molecule is CC(C)CNC(=O)Cn1cc(CCCCN)nn1. The number of hydrogen-bond donors (Lipinski definition) is 2. The summed E-state index contributed by atoms with van der Waals surface area (Å²) < 4.78 is 1.58. The van der Waals surface area contributed by atoms with Crippen LogP contribution in [0, 0.1) is 5.92 Å². The Balaban J connectivity index is 2.32. The summed E-state index contributed by atoms with van der Waals surface area (Å²) in [4.78, 5) is 11.6. The molecule has 0 saturated heterocycles. The Morgan fingerprint density at radius 2 is 2.28 bits per heavy atom. The van der Waals surface area contributed by atoms with Gasteiger partial charge in [0.05, 0.1) is 5.69 Å². The first-order valence-corrected chi connectivity index (χ1v) is 6.47. The summed E-state index contributed by atoms with van der Waals surface area (Å²) in [6, 6.07) is 0. The Morgan fingerprint density at radius 3 is 2.94 bits per heavy atom. The van der Waals surface area contributed by atoms with Crippen LogP contribution >= 0.6 is 0 Å². The van der Waals surface area contributed by atoms with Gasteiger partial charge in [-0.1, -0.05) is 19.1 Å². The molecule has 3 N–H and O–H groups in total. The molecular formula is C12H23N5O. The molecule has 1 aromatic rings. The molecule has 18 heavy (non-hydrogen) atoms. The highest BCUT2D eigenvalue weighted by molar-refractivity contribution is 5.75. The first-order chi connectivity index (χ1) is 8.61. The Bertz CT molecular complexity index is 361. The molecule has 1 amide bonds. The van der Waals surface area contributed by atoms with E-state index in [-0.39, 0.29) is 12.5 Å². The van der Waals surface area contributed by atoms with Crippen molar-refractivity contribution in [3.8, 4) is 0 Å². The zero-order chi connectivity index (χ0) is 13.4. The van der Waals surface area contributed by atoms with Crippen molar-refractivity contribution in [1.82, 2.24) is 20.3 Å². The fourth-order valence-corrected chi connectivity index (χ4v) is 1.50. The van der Waals surface area contributed by atoms with Gasteiger partial charge in [-0.25, -0.2) is 4.68 Å². The number of hydrogen-bond acceptors (Lipinski definition) is 4. The maximum atomic E-state index is 11.6. The van der Waals surface area contributed by atoms with Crippen molar-refractivity contribution in [2.45, 2.75) is 39.7 Å². The molecule has 0 aromatic carbocycles. The summed E-state index contributed by atoms with van der Waals surface area (Å²) >= 11 is 0. The van der Waals surface area contributed by atoms with Crippen molar-refractivity contribution in [1.29, 1.82) is 0 Å². The summed E-state index contributed by atoms with van der Waals surface area (Å²) in [6.07, 6.45) is 4.69. The zero-order valence-electron chi connectivity index (χ0n) is 11.2. The van der Waals surface area contributed by atoms with Gasteiger partial charge >= 0.3 is 0 Å². The summed E-state index contributed by atoms with van der Waals surface area (Å²) in [6.45, 7) is 5.75. The molecule has 102 valence electrons. The van der Waals surface area contributed by atoms with E-state index in [1.807, 2.05) is 6.20 Å². The topological polar surface area (TPSA) is 85.8 Å². The largest absolute Gasteiger partial charge is 0.354 e. The number of aromatic nitrogens is 3. The third-order valence-electron chi connectivity index (χ3n) is 2.49. The molecule has 0 aliphatic rings. The molecule has 0 saturated carbocycles. The first kappa shape index (κ1) is 14.6. The average molecular weight is 253 g/mol. The van der Waals surface area contributed by atoms with Crippen LogP contribution in [0.4, 0.5) is 0 Å². The molecule has 0 aliphatic heterocycles. The van der Waals surface area contributed by atoms with Crippen molar-refractivity contribution in [3.63, 3.8) is 0 Å². The van der Waals surface area contributed by atoms with Gasteiger partial charge in [-0.15, -0.1) is 5.10 Å². The van der Waals surface area contributed by atoms with E-state index in [0.29, 0.717) is 19.0 Å². The Kier molecular flexibility index (Phi) is 6.35. The van der Waals surface area contributed by atoms with Gasteiger partial charge in [-0.05, 0) is 31.7 Å². The normalized spacial score (nSPS) is 10.9. The second-order valence-corrected chi connectivity index (χ2v) is 4.85. The van der Waals surface area contributed by atoms with Crippen LogP contribution in [0.5, 0.6) is 0 Å². The number of amides is 1. The van der Waals surface area contributed by atoms with E-state index in [0.717, 1.165) is 25.0 Å². The van der Waals surface area contributed by atoms with Crippen LogP contribution in [0.2, 0.25) is 0 Å². The van der Waals surface area contributed by atoms with Crippen molar-refractivity contribution < 1.29 is 4.79 Å². The molecule has 1 heterocycles. The third kappa shape index (κ3) is 5.77. The predicted molar refractivity (Wildman–Crippen MR) is 69.9 cm³/mol. The van der Waals surface area contributed by atoms with Crippen molar-refractivity contribution in [2.24, 2.45) is 11.7 Å². The number of carbonyl (C=O) groups is 1. The van der Waals surface area contributed by atoms with Gasteiger partial charge in [0, 0.05) is 12.7 Å². The lowest BCUT2D eigenvalue weighted by atomic mass is 10.2. The standard InChI is InChI=1S/C12H23N5O/c1-10(2)7-14-12(18)9-17-8-11(15-16-17)5-3-4-6-13/h8,10H,3-7,9,13H2,1-2H3,(H,14,18). The van der Waals surface area contributed by atoms with Gasteiger partial charge in [0.15, 0.2) is 0 Å². The Hall–Kier alpha value is -1.43. The number of nitrogens with two attached hydrogens (primary N) is 1. The number of carbonyl (C=O) groups excluding carboxylic acids is 1. The lowest BCUT2D eigenvalue weighted by Gasteiger charge is -2.06. The number of unbranched alkanes of at least 4 members (excludes halogenated alkanes) is 1. The maximum absolute atomic E-state index is 11.6. The summed E-state index contributed by atoms with van der Waals surface area (Å²) in [5.41, 5.74) is 6.34. The second-order valence-electron chi connectivity index (χ2n) is 4.85. The molecule has 0 bridgehead atoms. The minimum Gasteiger partial charge on any atom is -0.354 e. The minimum atomic E-state index is -0.0258. The molecular weight excluding hydrogens is 230 g/mol. The lowest BCUT2D eigenvalue weighted by Crippen LogP contribution is -2.30. The van der Waals surface area contributed by atoms with E-state index >= 15 is 0 Å². The second kappa shape index (κ2) is 7.81. The van der Waals surface area contributed by atoms with Gasteiger partial charge < -0.3 is 11.1 Å². The molecule has 6 heteroatoms. The maximum Gasteiger partial charge on any atom is 0.241 e. The zero-order valence-corrected chi connectivity index (χ0v) is 11.2. The summed E-state index contributed by atoms with van der Waals surface area (Å²) in [5.74, 6) is 0.429. The van der Waals surface area contributed by atoms with Crippen LogP contribution in [0.1, 0.15) is 32.4 Å². The van der Waals surface area contributed by atoms with E-state index in [2.05, 4.69) is 29.5 Å². The van der Waals surface area contributed by atoms with Crippen LogP contribution in [0.15, 0.2) is 6.20 Å². The van der Waals surface area contributed by atoms with Crippen molar-refractivity contribution in [3.05, 3.63) is 11.9 Å². The fraction of sp³-hybridized carbons (Fsp3) is 0.750. The molecule has 0 spiro atoms. The fourth-order valence-electron chi connectivity index (χ4n) is 1.50. The van der Waals surface area contributed by atoms with Gasteiger partial charge in [0.1, 0.15) is 6.54 Å². The Morgan fingerprint density at radius 1 is 1.50 bits per heavy atom. The third-order valence-corrected chi connectivity index (χ3v) is 2.49. The van der Waals surface area contributed by atoms with Gasteiger partial charge in [0.2, 0.25) is 5.91 Å². The van der Waals surface area contributed by atoms with Crippen LogP contribution in [0.3, 0.4) is 0 Å². The van der Waals surface area contributed by atoms with Crippen molar-refractivity contribution >= 4 is 5.91 Å². The van der Waals surface area contributed by atoms with E-state index in [1.54, 1.807) is 4.68 Å². The van der Waals surface area contributed by atoms with Crippen LogP contribution in [0.25, 0.3) is 0 Å². The van der Waals surface area contributed by atoms with E-state index in [1.165, 1.54) is 0 Å². The smallest absolute Gasteiger partial charge is 0.241 e. The average Bonchev–Trinajstić information content (AvgIpc) is 2.74. The van der Waals surface area contributed by atoms with Crippen LogP contribution in [-0.4, -0.2) is 34.0 Å². The van der Waals surface area contributed by atoms with Crippen molar-refractivity contribution in [2.75, 3.05) is 13.1 Å². The molecule has 1 rings (SSSR count). The monoisotopic (exact) mass is 253 g/mol. The Labute approximate surface area is 108 Å². The van der Waals surface area contributed by atoms with Crippen LogP contribution in [-0.2, 0) is 17.8 Å². The van der Waals surface area contributed by atoms with E-state index in [9.17, 15) is 4.79 Å². The van der Waals surface area contributed by atoms with Gasteiger partial charge in [0.25, 0.3) is 0 Å². The number of nitrogens with one attached hydrogen (secondary N) is 1. The highest BCUT2D eigenvalue weighted by Crippen LogP contribution is 2.00. The molecule has 0 fully saturated rings. The minimum absolute atomic E-state index is 0.0258. The first-order valence-electron chi connectivity index (χ1n) is 6.47. The quantitative estimate of drug-likeness (QED) is 0.654. The van der Waals surface area contributed by atoms with Gasteiger partial charge in [-0.3, -0.25) is 4.79 Å².